The Labute approximate surface area is 67.6 Å². The third-order valence-corrected chi connectivity index (χ3v) is 2.00. The molecule has 0 amide bonds. The molecule has 2 atom stereocenters. The van der Waals surface area contributed by atoms with Crippen molar-refractivity contribution in [2.75, 3.05) is 20.5 Å². The van der Waals surface area contributed by atoms with Gasteiger partial charge < -0.3 is 14.2 Å². The van der Waals surface area contributed by atoms with Gasteiger partial charge in [0, 0.05) is 7.11 Å². The number of hydrogen-bond donors (Lipinski definition) is 0. The fraction of sp³-hybridized carbons (Fsp3) is 1.00. The summed E-state index contributed by atoms with van der Waals surface area (Å²) >= 11 is 0. The molecule has 0 unspecified atom stereocenters. The molecule has 0 spiro atoms. The molecule has 1 heterocycles. The molecule has 0 aromatic heterocycles. The summed E-state index contributed by atoms with van der Waals surface area (Å²) in [4.78, 5) is 0. The largest absolute Gasteiger partial charge is 0.364 e. The maximum Gasteiger partial charge on any atom is 0.146 e. The number of rotatable bonds is 5. The molecule has 1 rings (SSSR count). The van der Waals surface area contributed by atoms with Gasteiger partial charge in [-0.3, -0.25) is 0 Å². The van der Waals surface area contributed by atoms with Crippen LogP contribution in [0, 0.1) is 0 Å². The van der Waals surface area contributed by atoms with E-state index in [1.54, 1.807) is 7.11 Å². The van der Waals surface area contributed by atoms with E-state index in [0.717, 1.165) is 6.42 Å². The molecular weight excluding hydrogens is 144 g/mol. The van der Waals surface area contributed by atoms with Gasteiger partial charge in [0.05, 0.1) is 12.7 Å². The summed E-state index contributed by atoms with van der Waals surface area (Å²) in [5, 5.41) is 0. The van der Waals surface area contributed by atoms with Gasteiger partial charge >= 0.3 is 0 Å². The van der Waals surface area contributed by atoms with Gasteiger partial charge in [-0.15, -0.1) is 0 Å². The maximum absolute atomic E-state index is 5.42. The van der Waals surface area contributed by atoms with Gasteiger partial charge in [-0.25, -0.2) is 0 Å². The lowest BCUT2D eigenvalue weighted by Gasteiger charge is -2.05. The predicted octanol–water partition coefficient (Wildman–Crippen LogP) is 1.17. The molecule has 3 nitrogen and oxygen atoms in total. The molecular formula is C8H16O3. The van der Waals surface area contributed by atoms with E-state index in [9.17, 15) is 0 Å². The molecule has 1 aliphatic rings. The molecule has 3 heteroatoms. The van der Waals surface area contributed by atoms with Crippen LogP contribution in [0.15, 0.2) is 0 Å². The van der Waals surface area contributed by atoms with E-state index in [0.29, 0.717) is 19.5 Å². The number of ether oxygens (including phenoxy) is 3. The van der Waals surface area contributed by atoms with Crippen LogP contribution in [-0.4, -0.2) is 32.2 Å². The van der Waals surface area contributed by atoms with Crippen molar-refractivity contribution in [1.29, 1.82) is 0 Å². The minimum Gasteiger partial charge on any atom is -0.364 e. The molecule has 0 radical (unpaired) electrons. The van der Waals surface area contributed by atoms with Gasteiger partial charge in [0.1, 0.15) is 12.4 Å². The zero-order valence-corrected chi connectivity index (χ0v) is 7.42. The lowest BCUT2D eigenvalue weighted by Crippen LogP contribution is -2.18. The summed E-state index contributed by atoms with van der Waals surface area (Å²) in [7, 11) is 1.62. The Morgan fingerprint density at radius 1 is 1.55 bits per heavy atom. The fourth-order valence-corrected chi connectivity index (χ4v) is 1.26. The van der Waals surface area contributed by atoms with Crippen molar-refractivity contribution in [1.82, 2.24) is 0 Å². The minimum absolute atomic E-state index is 0.0344. The first-order valence-electron chi connectivity index (χ1n) is 3.97. The third-order valence-electron chi connectivity index (χ3n) is 2.00. The van der Waals surface area contributed by atoms with Crippen LogP contribution < -0.4 is 0 Å². The Kier molecular flexibility index (Phi) is 2.87. The Morgan fingerprint density at radius 3 is 2.73 bits per heavy atom. The first kappa shape index (κ1) is 8.97. The molecule has 0 bridgehead atoms. The standard InChI is InChI=1S/C8H16O3/c1-4-7-8(2,11-7)5-10-6-9-3/h7H,4-6H2,1-3H3/t7-,8+/m1/s1. The average molecular weight is 160 g/mol. The molecule has 0 aromatic rings. The van der Waals surface area contributed by atoms with Gasteiger partial charge in [0.25, 0.3) is 0 Å². The van der Waals surface area contributed by atoms with Crippen molar-refractivity contribution in [2.24, 2.45) is 0 Å². The second-order valence-corrected chi connectivity index (χ2v) is 3.08. The summed E-state index contributed by atoms with van der Waals surface area (Å²) in [5.74, 6) is 0. The summed E-state index contributed by atoms with van der Waals surface area (Å²) < 4.78 is 15.4. The molecule has 1 saturated heterocycles. The molecule has 0 N–H and O–H groups in total. The van der Waals surface area contributed by atoms with Crippen LogP contribution in [0.3, 0.4) is 0 Å². The monoisotopic (exact) mass is 160 g/mol. The van der Waals surface area contributed by atoms with E-state index in [1.807, 2.05) is 0 Å². The van der Waals surface area contributed by atoms with Crippen molar-refractivity contribution >= 4 is 0 Å². The van der Waals surface area contributed by atoms with E-state index in [2.05, 4.69) is 13.8 Å². The quantitative estimate of drug-likeness (QED) is 0.344. The van der Waals surface area contributed by atoms with Crippen LogP contribution >= 0.6 is 0 Å². The predicted molar refractivity (Wildman–Crippen MR) is 41.4 cm³/mol. The molecule has 66 valence electrons. The molecule has 0 aromatic carbocycles. The van der Waals surface area contributed by atoms with E-state index in [1.165, 1.54) is 0 Å². The summed E-state index contributed by atoms with van der Waals surface area (Å²) in [6.07, 6.45) is 1.45. The highest BCUT2D eigenvalue weighted by molar-refractivity contribution is 4.97. The molecule has 11 heavy (non-hydrogen) atoms. The minimum atomic E-state index is -0.0344. The van der Waals surface area contributed by atoms with Crippen molar-refractivity contribution in [3.63, 3.8) is 0 Å². The zero-order valence-electron chi connectivity index (χ0n) is 7.42. The van der Waals surface area contributed by atoms with Gasteiger partial charge in [0.2, 0.25) is 0 Å². The second-order valence-electron chi connectivity index (χ2n) is 3.08. The number of epoxide rings is 1. The van der Waals surface area contributed by atoms with E-state index < -0.39 is 0 Å². The maximum atomic E-state index is 5.42. The van der Waals surface area contributed by atoms with Crippen molar-refractivity contribution in [3.05, 3.63) is 0 Å². The fourth-order valence-electron chi connectivity index (χ4n) is 1.26. The number of methoxy groups -OCH3 is 1. The number of hydrogen-bond acceptors (Lipinski definition) is 3. The van der Waals surface area contributed by atoms with Crippen molar-refractivity contribution in [2.45, 2.75) is 32.0 Å². The SMILES string of the molecule is CC[C@H]1O[C@@]1(C)COCOC. The first-order chi connectivity index (χ1) is 5.23. The second kappa shape index (κ2) is 3.52. The molecule has 0 saturated carbocycles. The Hall–Kier alpha value is -0.120. The van der Waals surface area contributed by atoms with Crippen LogP contribution in [0.1, 0.15) is 20.3 Å². The Balaban J connectivity index is 2.08. The highest BCUT2D eigenvalue weighted by Crippen LogP contribution is 2.38. The lowest BCUT2D eigenvalue weighted by molar-refractivity contribution is -0.0463. The Bertz CT molecular complexity index is 127. The van der Waals surface area contributed by atoms with Crippen molar-refractivity contribution in [3.8, 4) is 0 Å². The highest BCUT2D eigenvalue weighted by atomic mass is 16.7. The van der Waals surface area contributed by atoms with E-state index in [-0.39, 0.29) is 5.60 Å². The Morgan fingerprint density at radius 2 is 2.27 bits per heavy atom. The molecule has 1 aliphatic heterocycles. The summed E-state index contributed by atoms with van der Waals surface area (Å²) in [6.45, 7) is 5.18. The zero-order chi connectivity index (χ0) is 8.32. The molecule has 1 fully saturated rings. The summed E-state index contributed by atoms with van der Waals surface area (Å²) in [5.41, 5.74) is -0.0344. The van der Waals surface area contributed by atoms with Crippen molar-refractivity contribution < 1.29 is 14.2 Å². The first-order valence-corrected chi connectivity index (χ1v) is 3.97. The topological polar surface area (TPSA) is 31.0 Å². The van der Waals surface area contributed by atoms with Crippen LogP contribution in [0.2, 0.25) is 0 Å². The summed E-state index contributed by atoms with van der Waals surface area (Å²) in [6, 6.07) is 0. The normalized spacial score (nSPS) is 35.7. The van der Waals surface area contributed by atoms with Crippen LogP contribution in [0.4, 0.5) is 0 Å². The third kappa shape index (κ3) is 2.15. The van der Waals surface area contributed by atoms with Gasteiger partial charge in [-0.1, -0.05) is 6.92 Å². The van der Waals surface area contributed by atoms with E-state index in [4.69, 9.17) is 14.2 Å². The van der Waals surface area contributed by atoms with Gasteiger partial charge in [-0.2, -0.15) is 0 Å². The average Bonchev–Trinajstić information content (AvgIpc) is 2.63. The molecule has 0 aliphatic carbocycles. The van der Waals surface area contributed by atoms with Crippen LogP contribution in [-0.2, 0) is 14.2 Å². The van der Waals surface area contributed by atoms with Gasteiger partial charge in [-0.05, 0) is 13.3 Å². The van der Waals surface area contributed by atoms with E-state index >= 15 is 0 Å². The van der Waals surface area contributed by atoms with Crippen LogP contribution in [0.5, 0.6) is 0 Å². The highest BCUT2D eigenvalue weighted by Gasteiger charge is 2.50. The lowest BCUT2D eigenvalue weighted by atomic mass is 10.1. The van der Waals surface area contributed by atoms with Crippen LogP contribution in [0.25, 0.3) is 0 Å². The smallest absolute Gasteiger partial charge is 0.146 e. The van der Waals surface area contributed by atoms with Gasteiger partial charge in [0.15, 0.2) is 0 Å².